The van der Waals surface area contributed by atoms with Crippen molar-refractivity contribution in [3.05, 3.63) is 65.3 Å². The van der Waals surface area contributed by atoms with E-state index in [0.717, 1.165) is 12.8 Å². The minimum atomic E-state index is -3.00. The van der Waals surface area contributed by atoms with Gasteiger partial charge in [-0.25, -0.2) is 9.37 Å². The summed E-state index contributed by atoms with van der Waals surface area (Å²) in [4.78, 5) is 17.1. The molecule has 1 aliphatic rings. The van der Waals surface area contributed by atoms with E-state index in [1.807, 2.05) is 0 Å². The van der Waals surface area contributed by atoms with E-state index < -0.39 is 18.6 Å². The van der Waals surface area contributed by atoms with Crippen molar-refractivity contribution in [2.45, 2.75) is 39.0 Å². The van der Waals surface area contributed by atoms with Crippen LogP contribution in [0.25, 0.3) is 11.5 Å². The molecular weight excluding hydrogens is 487 g/mol. The van der Waals surface area contributed by atoms with Gasteiger partial charge < -0.3 is 24.9 Å². The molecule has 1 saturated carbocycles. The van der Waals surface area contributed by atoms with Gasteiger partial charge in [0.25, 0.3) is 5.91 Å². The average Bonchev–Trinajstić information content (AvgIpc) is 3.52. The normalized spacial score (nSPS) is 13.8. The Kier molecular flexibility index (Phi) is 8.63. The number of aromatic nitrogens is 1. The average molecular weight is 512 g/mol. The minimum absolute atomic E-state index is 0. The summed E-state index contributed by atoms with van der Waals surface area (Å²) in [5.74, 6) is -0.219. The highest BCUT2D eigenvalue weighted by Gasteiger charge is 2.26. The molecule has 35 heavy (non-hydrogen) atoms. The molecule has 0 saturated heterocycles. The standard InChI is InChI=1S/C24H24F3N3O4.ClH/c1-13(28)21-20(22(31)29-11-14-4-7-17(25)8-5-14)30-23(34-21)16-6-9-18(33-24(26)27)19(10-16)32-12-15-2-3-15;/h4-10,13,15,24H,2-3,11-12,28H2,1H3,(H,29,31);1H. The minimum Gasteiger partial charge on any atom is -0.489 e. The quantitative estimate of drug-likeness (QED) is 0.386. The summed E-state index contributed by atoms with van der Waals surface area (Å²) in [6.07, 6.45) is 2.05. The molecule has 0 radical (unpaired) electrons. The van der Waals surface area contributed by atoms with Crippen LogP contribution in [0.15, 0.2) is 46.9 Å². The summed E-state index contributed by atoms with van der Waals surface area (Å²) in [7, 11) is 0. The topological polar surface area (TPSA) is 99.6 Å². The van der Waals surface area contributed by atoms with Gasteiger partial charge in [0.15, 0.2) is 23.0 Å². The second-order valence-corrected chi connectivity index (χ2v) is 8.12. The maximum atomic E-state index is 13.1. The molecule has 4 rings (SSSR count). The number of halogens is 4. The van der Waals surface area contributed by atoms with Crippen LogP contribution < -0.4 is 20.5 Å². The Morgan fingerprint density at radius 3 is 2.54 bits per heavy atom. The monoisotopic (exact) mass is 511 g/mol. The summed E-state index contributed by atoms with van der Waals surface area (Å²) in [6.45, 7) is -0.822. The summed E-state index contributed by atoms with van der Waals surface area (Å²) < 4.78 is 54.7. The lowest BCUT2D eigenvalue weighted by Crippen LogP contribution is -2.25. The number of benzene rings is 2. The molecule has 1 fully saturated rings. The van der Waals surface area contributed by atoms with E-state index in [9.17, 15) is 18.0 Å². The number of carbonyl (C=O) groups excluding carboxylic acids is 1. The highest BCUT2D eigenvalue weighted by Crippen LogP contribution is 2.37. The van der Waals surface area contributed by atoms with Crippen LogP contribution in [0, 0.1) is 11.7 Å². The first-order chi connectivity index (χ1) is 16.3. The smallest absolute Gasteiger partial charge is 0.387 e. The zero-order chi connectivity index (χ0) is 24.2. The molecule has 0 spiro atoms. The van der Waals surface area contributed by atoms with E-state index in [1.165, 1.54) is 30.3 Å². The van der Waals surface area contributed by atoms with Gasteiger partial charge in [-0.05, 0) is 61.6 Å². The van der Waals surface area contributed by atoms with Crippen molar-refractivity contribution >= 4 is 18.3 Å². The highest BCUT2D eigenvalue weighted by atomic mass is 35.5. The first kappa shape index (κ1) is 26.4. The fraction of sp³-hybridized carbons (Fsp3) is 0.333. The molecule has 1 heterocycles. The van der Waals surface area contributed by atoms with Crippen LogP contribution >= 0.6 is 12.4 Å². The number of rotatable bonds is 10. The summed E-state index contributed by atoms with van der Waals surface area (Å²) >= 11 is 0. The molecule has 1 amide bonds. The van der Waals surface area contributed by atoms with Gasteiger partial charge in [0, 0.05) is 12.1 Å². The Labute approximate surface area is 206 Å². The van der Waals surface area contributed by atoms with Gasteiger partial charge in [-0.3, -0.25) is 4.79 Å². The molecule has 1 aromatic heterocycles. The van der Waals surface area contributed by atoms with Gasteiger partial charge in [0.05, 0.1) is 12.6 Å². The number of nitrogens with one attached hydrogen (secondary N) is 1. The zero-order valence-corrected chi connectivity index (χ0v) is 19.6. The number of oxazole rings is 1. The third-order valence-electron chi connectivity index (χ3n) is 5.23. The molecule has 0 aliphatic heterocycles. The number of alkyl halides is 2. The van der Waals surface area contributed by atoms with Gasteiger partial charge in [0.2, 0.25) is 5.89 Å². The zero-order valence-electron chi connectivity index (χ0n) is 18.8. The van der Waals surface area contributed by atoms with Gasteiger partial charge in [0.1, 0.15) is 5.82 Å². The highest BCUT2D eigenvalue weighted by molar-refractivity contribution is 5.94. The first-order valence-electron chi connectivity index (χ1n) is 10.8. The van der Waals surface area contributed by atoms with E-state index in [1.54, 1.807) is 19.1 Å². The molecule has 11 heteroatoms. The van der Waals surface area contributed by atoms with Crippen LogP contribution in [-0.2, 0) is 6.54 Å². The Hall–Kier alpha value is -3.24. The molecule has 7 nitrogen and oxygen atoms in total. The summed E-state index contributed by atoms with van der Waals surface area (Å²) in [6, 6.07) is 9.38. The molecule has 188 valence electrons. The van der Waals surface area contributed by atoms with Crippen LogP contribution in [0.5, 0.6) is 11.5 Å². The Morgan fingerprint density at radius 2 is 1.91 bits per heavy atom. The van der Waals surface area contributed by atoms with Crippen LogP contribution in [0.1, 0.15) is 47.6 Å². The first-order valence-corrected chi connectivity index (χ1v) is 10.8. The van der Waals surface area contributed by atoms with Gasteiger partial charge in [-0.1, -0.05) is 12.1 Å². The van der Waals surface area contributed by atoms with Gasteiger partial charge in [-0.15, -0.1) is 12.4 Å². The predicted molar refractivity (Wildman–Crippen MR) is 124 cm³/mol. The van der Waals surface area contributed by atoms with Crippen molar-refractivity contribution in [1.82, 2.24) is 10.3 Å². The molecular formula is C24H25ClF3N3O4. The third kappa shape index (κ3) is 6.89. The van der Waals surface area contributed by atoms with Crippen molar-refractivity contribution < 1.29 is 31.9 Å². The van der Waals surface area contributed by atoms with Crippen molar-refractivity contribution in [3.63, 3.8) is 0 Å². The second-order valence-electron chi connectivity index (χ2n) is 8.12. The molecule has 1 unspecified atom stereocenters. The second kappa shape index (κ2) is 11.5. The summed E-state index contributed by atoms with van der Waals surface area (Å²) in [5.41, 5.74) is 7.09. The Bertz CT molecular complexity index is 1150. The van der Waals surface area contributed by atoms with Crippen LogP contribution in [0.4, 0.5) is 13.2 Å². The number of carbonyl (C=O) groups is 1. The van der Waals surface area contributed by atoms with E-state index in [0.29, 0.717) is 23.7 Å². The molecule has 2 aromatic carbocycles. The largest absolute Gasteiger partial charge is 0.489 e. The van der Waals surface area contributed by atoms with Crippen molar-refractivity contribution in [2.24, 2.45) is 11.7 Å². The number of hydrogen-bond donors (Lipinski definition) is 2. The molecule has 3 N–H and O–H groups in total. The van der Waals surface area contributed by atoms with Crippen molar-refractivity contribution in [1.29, 1.82) is 0 Å². The van der Waals surface area contributed by atoms with E-state index in [4.69, 9.17) is 14.9 Å². The SMILES string of the molecule is CC(N)c1oc(-c2ccc(OC(F)F)c(OCC3CC3)c2)nc1C(=O)NCc1ccc(F)cc1.Cl. The maximum absolute atomic E-state index is 13.1. The maximum Gasteiger partial charge on any atom is 0.387 e. The van der Waals surface area contributed by atoms with E-state index in [2.05, 4.69) is 15.0 Å². The van der Waals surface area contributed by atoms with Crippen LogP contribution in [0.2, 0.25) is 0 Å². The van der Waals surface area contributed by atoms with Crippen LogP contribution in [-0.4, -0.2) is 24.1 Å². The lowest BCUT2D eigenvalue weighted by Gasteiger charge is -2.12. The number of nitrogens with two attached hydrogens (primary N) is 1. The lowest BCUT2D eigenvalue weighted by molar-refractivity contribution is -0.0515. The molecule has 1 atom stereocenters. The molecule has 1 aliphatic carbocycles. The predicted octanol–water partition coefficient (Wildman–Crippen LogP) is 5.24. The van der Waals surface area contributed by atoms with Crippen molar-refractivity contribution in [3.8, 4) is 23.0 Å². The number of ether oxygens (including phenoxy) is 2. The summed E-state index contributed by atoms with van der Waals surface area (Å²) in [5, 5.41) is 2.71. The molecule has 3 aromatic rings. The van der Waals surface area contributed by atoms with E-state index >= 15 is 0 Å². The van der Waals surface area contributed by atoms with Gasteiger partial charge >= 0.3 is 6.61 Å². The van der Waals surface area contributed by atoms with E-state index in [-0.39, 0.29) is 53.6 Å². The number of amides is 1. The fourth-order valence-corrected chi connectivity index (χ4v) is 3.23. The lowest BCUT2D eigenvalue weighted by atomic mass is 10.2. The van der Waals surface area contributed by atoms with Gasteiger partial charge in [-0.2, -0.15) is 8.78 Å². The number of hydrogen-bond acceptors (Lipinski definition) is 6. The Morgan fingerprint density at radius 1 is 1.20 bits per heavy atom. The Balaban J connectivity index is 0.00000342. The third-order valence-corrected chi connectivity index (χ3v) is 5.23. The van der Waals surface area contributed by atoms with Crippen LogP contribution in [0.3, 0.4) is 0 Å². The van der Waals surface area contributed by atoms with Crippen molar-refractivity contribution in [2.75, 3.05) is 6.61 Å². The molecule has 0 bridgehead atoms. The number of nitrogens with zero attached hydrogens (tertiary/aromatic N) is 1. The fourth-order valence-electron chi connectivity index (χ4n) is 3.23.